The second kappa shape index (κ2) is 4.23. The normalized spacial score (nSPS) is 10.0. The maximum absolute atomic E-state index is 13.4. The molecule has 2 rings (SSSR count). The number of rotatable bonds is 2. The van der Waals surface area contributed by atoms with Crippen molar-refractivity contribution in [3.8, 4) is 11.3 Å². The second-order valence-corrected chi connectivity index (χ2v) is 3.04. The largest absolute Gasteiger partial charge is 0.296 e. The third-order valence-corrected chi connectivity index (χ3v) is 2.14. The first kappa shape index (κ1) is 9.86. The molecule has 3 nitrogen and oxygen atoms in total. The molecular formula is C10H7ClFN3. The molecule has 0 aliphatic heterocycles. The highest BCUT2D eigenvalue weighted by Crippen LogP contribution is 2.27. The highest BCUT2D eigenvalue weighted by Gasteiger charge is 2.09. The van der Waals surface area contributed by atoms with E-state index in [0.717, 1.165) is 6.20 Å². The first-order valence-corrected chi connectivity index (χ1v) is 4.62. The van der Waals surface area contributed by atoms with Crippen LogP contribution in [0, 0.1) is 5.82 Å². The average Bonchev–Trinajstić information content (AvgIpc) is 2.30. The minimum atomic E-state index is -0.427. The van der Waals surface area contributed by atoms with Crippen molar-refractivity contribution in [3.63, 3.8) is 0 Å². The van der Waals surface area contributed by atoms with Crippen LogP contribution in [0.3, 0.4) is 0 Å². The molecule has 2 aromatic rings. The van der Waals surface area contributed by atoms with Gasteiger partial charge in [-0.15, -0.1) is 0 Å². The molecule has 1 N–H and O–H groups in total. The zero-order valence-electron chi connectivity index (χ0n) is 7.61. The van der Waals surface area contributed by atoms with Gasteiger partial charge in [0.2, 0.25) is 0 Å². The minimum Gasteiger partial charge on any atom is -0.296 e. The lowest BCUT2D eigenvalue weighted by molar-refractivity contribution is 0.624. The van der Waals surface area contributed by atoms with Crippen LogP contribution in [-0.2, 0) is 0 Å². The van der Waals surface area contributed by atoms with Crippen LogP contribution in [0.4, 0.5) is 10.1 Å². The van der Waals surface area contributed by atoms with Crippen LogP contribution in [0.1, 0.15) is 0 Å². The van der Waals surface area contributed by atoms with E-state index in [1.165, 1.54) is 6.20 Å². The number of halogens is 2. The zero-order chi connectivity index (χ0) is 10.7. The Morgan fingerprint density at radius 3 is 2.87 bits per heavy atom. The molecule has 0 unspecified atom stereocenters. The Morgan fingerprint density at radius 1 is 1.27 bits per heavy atom. The number of hydrogen-bond donors (Lipinski definition) is 1. The first-order chi connectivity index (χ1) is 7.33. The third kappa shape index (κ3) is 1.89. The molecule has 0 saturated heterocycles. The van der Waals surface area contributed by atoms with Crippen LogP contribution in [0.2, 0.25) is 0 Å². The zero-order valence-corrected chi connectivity index (χ0v) is 8.37. The summed E-state index contributed by atoms with van der Waals surface area (Å²) < 4.78 is 13.4. The van der Waals surface area contributed by atoms with E-state index in [2.05, 4.69) is 14.8 Å². The first-order valence-electron chi connectivity index (χ1n) is 4.24. The number of aromatic nitrogens is 2. The molecule has 15 heavy (non-hydrogen) atoms. The molecule has 0 aromatic carbocycles. The van der Waals surface area contributed by atoms with Crippen LogP contribution in [0.15, 0.2) is 36.8 Å². The molecule has 0 bridgehead atoms. The van der Waals surface area contributed by atoms with Gasteiger partial charge in [0.25, 0.3) is 0 Å². The van der Waals surface area contributed by atoms with E-state index in [-0.39, 0.29) is 0 Å². The Kier molecular flexibility index (Phi) is 2.78. The molecule has 0 amide bonds. The Bertz CT molecular complexity index is 476. The molecule has 0 aliphatic rings. The summed E-state index contributed by atoms with van der Waals surface area (Å²) in [6.07, 6.45) is 4.22. The van der Waals surface area contributed by atoms with Gasteiger partial charge < -0.3 is 0 Å². The summed E-state index contributed by atoms with van der Waals surface area (Å²) in [6.45, 7) is 0. The number of nitrogens with zero attached hydrogens (tertiary/aromatic N) is 2. The van der Waals surface area contributed by atoms with Gasteiger partial charge in [0, 0.05) is 29.7 Å². The summed E-state index contributed by atoms with van der Waals surface area (Å²) in [6, 6.07) is 4.98. The second-order valence-electron chi connectivity index (χ2n) is 2.85. The monoisotopic (exact) mass is 223 g/mol. The molecule has 0 aliphatic carbocycles. The number of anilines is 1. The summed E-state index contributed by atoms with van der Waals surface area (Å²) >= 11 is 5.51. The lowest BCUT2D eigenvalue weighted by Gasteiger charge is -2.06. The van der Waals surface area contributed by atoms with Crippen molar-refractivity contribution in [3.05, 3.63) is 42.6 Å². The Labute approximate surface area is 91.1 Å². The molecular weight excluding hydrogens is 217 g/mol. The summed E-state index contributed by atoms with van der Waals surface area (Å²) in [7, 11) is 0. The van der Waals surface area contributed by atoms with Gasteiger partial charge in [-0.1, -0.05) is 0 Å². The van der Waals surface area contributed by atoms with E-state index in [0.29, 0.717) is 16.9 Å². The molecule has 0 radical (unpaired) electrons. The number of hydrogen-bond acceptors (Lipinski definition) is 3. The van der Waals surface area contributed by atoms with Crippen molar-refractivity contribution in [2.45, 2.75) is 0 Å². The summed E-state index contributed by atoms with van der Waals surface area (Å²) in [4.78, 5) is 10.2. The van der Waals surface area contributed by atoms with E-state index in [1.54, 1.807) is 24.4 Å². The van der Waals surface area contributed by atoms with Crippen molar-refractivity contribution in [1.82, 2.24) is 9.97 Å². The van der Waals surface area contributed by atoms with E-state index >= 15 is 0 Å². The summed E-state index contributed by atoms with van der Waals surface area (Å²) in [5.41, 5.74) is 1.39. The van der Waals surface area contributed by atoms with Crippen LogP contribution in [-0.4, -0.2) is 9.97 Å². The van der Waals surface area contributed by atoms with Crippen molar-refractivity contribution in [2.24, 2.45) is 0 Å². The fraction of sp³-hybridized carbons (Fsp3) is 0. The molecule has 5 heteroatoms. The van der Waals surface area contributed by atoms with E-state index in [4.69, 9.17) is 11.8 Å². The lowest BCUT2D eigenvalue weighted by Crippen LogP contribution is -1.93. The van der Waals surface area contributed by atoms with Crippen molar-refractivity contribution in [2.75, 3.05) is 4.84 Å². The summed E-state index contributed by atoms with van der Waals surface area (Å²) in [5.74, 6) is -0.427. The van der Waals surface area contributed by atoms with Crippen molar-refractivity contribution in [1.29, 1.82) is 0 Å². The Morgan fingerprint density at radius 2 is 2.13 bits per heavy atom. The highest BCUT2D eigenvalue weighted by molar-refractivity contribution is 6.24. The third-order valence-electron chi connectivity index (χ3n) is 1.94. The topological polar surface area (TPSA) is 37.8 Å². The van der Waals surface area contributed by atoms with Gasteiger partial charge in [0.1, 0.15) is 0 Å². The minimum absolute atomic E-state index is 0.369. The predicted octanol–water partition coefficient (Wildman–Crippen LogP) is 2.85. The van der Waals surface area contributed by atoms with Gasteiger partial charge in [-0.3, -0.25) is 14.8 Å². The van der Waals surface area contributed by atoms with Crippen LogP contribution in [0.5, 0.6) is 0 Å². The Hall–Kier alpha value is -1.68. The maximum Gasteiger partial charge on any atom is 0.150 e. The highest BCUT2D eigenvalue weighted by atomic mass is 35.5. The quantitative estimate of drug-likeness (QED) is 0.796. The number of pyridine rings is 2. The van der Waals surface area contributed by atoms with Crippen LogP contribution in [0.25, 0.3) is 11.3 Å². The van der Waals surface area contributed by atoms with Crippen LogP contribution >= 0.6 is 11.8 Å². The standard InChI is InChI=1S/C10H7ClFN3/c11-15-9-2-1-4-14-10(9)7-3-5-13-6-8(7)12/h1-6,15H. The molecule has 0 saturated carbocycles. The van der Waals surface area contributed by atoms with Gasteiger partial charge in [-0.25, -0.2) is 4.39 Å². The molecule has 2 heterocycles. The van der Waals surface area contributed by atoms with Gasteiger partial charge >= 0.3 is 0 Å². The lowest BCUT2D eigenvalue weighted by atomic mass is 10.1. The average molecular weight is 224 g/mol. The SMILES string of the molecule is Fc1cnccc1-c1ncccc1NCl. The molecule has 76 valence electrons. The fourth-order valence-corrected chi connectivity index (χ4v) is 1.42. The fourth-order valence-electron chi connectivity index (χ4n) is 1.26. The number of nitrogens with one attached hydrogen (secondary N) is 1. The smallest absolute Gasteiger partial charge is 0.150 e. The van der Waals surface area contributed by atoms with Crippen molar-refractivity contribution >= 4 is 17.5 Å². The van der Waals surface area contributed by atoms with Crippen LogP contribution < -0.4 is 4.84 Å². The van der Waals surface area contributed by atoms with E-state index in [1.807, 2.05) is 0 Å². The molecule has 0 spiro atoms. The van der Waals surface area contributed by atoms with E-state index in [9.17, 15) is 4.39 Å². The van der Waals surface area contributed by atoms with Gasteiger partial charge in [-0.05, 0) is 18.2 Å². The molecule has 0 fully saturated rings. The molecule has 0 atom stereocenters. The van der Waals surface area contributed by atoms with Gasteiger partial charge in [-0.2, -0.15) is 0 Å². The van der Waals surface area contributed by atoms with Gasteiger partial charge in [0.15, 0.2) is 5.82 Å². The summed E-state index contributed by atoms with van der Waals surface area (Å²) in [5, 5.41) is 0. The predicted molar refractivity (Wildman–Crippen MR) is 56.9 cm³/mol. The maximum atomic E-state index is 13.4. The van der Waals surface area contributed by atoms with E-state index < -0.39 is 5.82 Å². The van der Waals surface area contributed by atoms with Crippen molar-refractivity contribution < 1.29 is 4.39 Å². The molecule has 2 aromatic heterocycles. The van der Waals surface area contributed by atoms with Gasteiger partial charge in [0.05, 0.1) is 17.6 Å². The Balaban J connectivity index is 2.59.